The summed E-state index contributed by atoms with van der Waals surface area (Å²) >= 11 is 3.41. The second kappa shape index (κ2) is 5.07. The standard InChI is InChI=1S/C14H19BrFN/c1-10(2)6-14(8-17-9-14)7-11-5-12(15)3-4-13(11)16/h3-5,10,17H,6-9H2,1-2H3. The molecule has 0 amide bonds. The van der Waals surface area contributed by atoms with E-state index in [1.54, 1.807) is 12.1 Å². The SMILES string of the molecule is CC(C)CC1(Cc2cc(Br)ccc2F)CNC1. The molecule has 1 aliphatic heterocycles. The molecule has 3 heteroatoms. The van der Waals surface area contributed by atoms with Gasteiger partial charge in [-0.15, -0.1) is 0 Å². The number of halogens is 2. The molecule has 0 aliphatic carbocycles. The third kappa shape index (κ3) is 3.08. The smallest absolute Gasteiger partial charge is 0.126 e. The van der Waals surface area contributed by atoms with E-state index in [4.69, 9.17) is 0 Å². The summed E-state index contributed by atoms with van der Waals surface area (Å²) in [5.74, 6) is 0.579. The molecule has 1 fully saturated rings. The normalized spacial score (nSPS) is 18.2. The van der Waals surface area contributed by atoms with Gasteiger partial charge in [0, 0.05) is 17.6 Å². The van der Waals surface area contributed by atoms with Crippen molar-refractivity contribution in [3.8, 4) is 0 Å². The van der Waals surface area contributed by atoms with Gasteiger partial charge in [0.25, 0.3) is 0 Å². The van der Waals surface area contributed by atoms with Crippen molar-refractivity contribution < 1.29 is 4.39 Å². The maximum atomic E-state index is 13.8. The van der Waals surface area contributed by atoms with Gasteiger partial charge in [-0.3, -0.25) is 0 Å². The van der Waals surface area contributed by atoms with Crippen LogP contribution in [0.1, 0.15) is 25.8 Å². The molecular formula is C14H19BrFN. The third-order valence-electron chi connectivity index (χ3n) is 3.41. The van der Waals surface area contributed by atoms with Crippen LogP contribution in [0.15, 0.2) is 22.7 Å². The molecule has 1 heterocycles. The van der Waals surface area contributed by atoms with Gasteiger partial charge in [-0.25, -0.2) is 4.39 Å². The molecular weight excluding hydrogens is 281 g/mol. The van der Waals surface area contributed by atoms with Crippen LogP contribution in [-0.4, -0.2) is 13.1 Å². The predicted octanol–water partition coefficient (Wildman–Crippen LogP) is 3.77. The molecule has 0 spiro atoms. The van der Waals surface area contributed by atoms with Gasteiger partial charge in [0.05, 0.1) is 0 Å². The molecule has 0 unspecified atom stereocenters. The van der Waals surface area contributed by atoms with Crippen LogP contribution in [0.5, 0.6) is 0 Å². The first-order chi connectivity index (χ1) is 8.01. The Bertz CT molecular complexity index is 399. The Labute approximate surface area is 111 Å². The number of nitrogens with one attached hydrogen (secondary N) is 1. The highest BCUT2D eigenvalue weighted by Crippen LogP contribution is 2.35. The number of benzene rings is 1. The summed E-state index contributed by atoms with van der Waals surface area (Å²) in [6, 6.07) is 5.22. The summed E-state index contributed by atoms with van der Waals surface area (Å²) in [6.07, 6.45) is 2.00. The van der Waals surface area contributed by atoms with Crippen molar-refractivity contribution in [3.05, 3.63) is 34.1 Å². The fraction of sp³-hybridized carbons (Fsp3) is 0.571. The summed E-state index contributed by atoms with van der Waals surface area (Å²) in [5.41, 5.74) is 1.09. The zero-order valence-corrected chi connectivity index (χ0v) is 12.0. The highest BCUT2D eigenvalue weighted by atomic mass is 79.9. The molecule has 0 radical (unpaired) electrons. The van der Waals surface area contributed by atoms with Crippen LogP contribution in [0.2, 0.25) is 0 Å². The number of rotatable bonds is 4. The fourth-order valence-electron chi connectivity index (χ4n) is 2.77. The lowest BCUT2D eigenvalue weighted by atomic mass is 9.71. The summed E-state index contributed by atoms with van der Waals surface area (Å²) in [6.45, 7) is 6.49. The van der Waals surface area contributed by atoms with E-state index in [1.165, 1.54) is 0 Å². The zero-order chi connectivity index (χ0) is 12.5. The molecule has 0 saturated carbocycles. The molecule has 0 atom stereocenters. The van der Waals surface area contributed by atoms with E-state index in [1.807, 2.05) is 6.07 Å². The molecule has 2 rings (SSSR count). The zero-order valence-electron chi connectivity index (χ0n) is 10.4. The van der Waals surface area contributed by atoms with Gasteiger partial charge >= 0.3 is 0 Å². The van der Waals surface area contributed by atoms with E-state index in [2.05, 4.69) is 35.1 Å². The van der Waals surface area contributed by atoms with Crippen molar-refractivity contribution in [2.24, 2.45) is 11.3 Å². The summed E-state index contributed by atoms with van der Waals surface area (Å²) in [4.78, 5) is 0. The molecule has 17 heavy (non-hydrogen) atoms. The maximum absolute atomic E-state index is 13.8. The fourth-order valence-corrected chi connectivity index (χ4v) is 3.18. The lowest BCUT2D eigenvalue weighted by molar-refractivity contribution is 0.130. The molecule has 1 saturated heterocycles. The van der Waals surface area contributed by atoms with E-state index in [-0.39, 0.29) is 11.2 Å². The lowest BCUT2D eigenvalue weighted by Crippen LogP contribution is -2.55. The van der Waals surface area contributed by atoms with Crippen molar-refractivity contribution >= 4 is 15.9 Å². The van der Waals surface area contributed by atoms with Crippen LogP contribution in [0.4, 0.5) is 4.39 Å². The Morgan fingerprint density at radius 2 is 2.12 bits per heavy atom. The van der Waals surface area contributed by atoms with Crippen molar-refractivity contribution in [1.29, 1.82) is 0 Å². The molecule has 1 nitrogen and oxygen atoms in total. The minimum atomic E-state index is -0.0803. The van der Waals surface area contributed by atoms with E-state index >= 15 is 0 Å². The van der Waals surface area contributed by atoms with Crippen molar-refractivity contribution in [2.45, 2.75) is 26.7 Å². The van der Waals surface area contributed by atoms with Crippen molar-refractivity contribution in [1.82, 2.24) is 5.32 Å². The average Bonchev–Trinajstić information content (AvgIpc) is 2.19. The lowest BCUT2D eigenvalue weighted by Gasteiger charge is -2.44. The van der Waals surface area contributed by atoms with Gasteiger partial charge in [0.1, 0.15) is 5.82 Å². The summed E-state index contributed by atoms with van der Waals surface area (Å²) < 4.78 is 14.7. The minimum absolute atomic E-state index is 0.0803. The molecule has 1 aromatic rings. The monoisotopic (exact) mass is 299 g/mol. The highest BCUT2D eigenvalue weighted by Gasteiger charge is 2.37. The average molecular weight is 300 g/mol. The quantitative estimate of drug-likeness (QED) is 0.892. The molecule has 1 aromatic carbocycles. The van der Waals surface area contributed by atoms with Crippen LogP contribution >= 0.6 is 15.9 Å². The maximum Gasteiger partial charge on any atom is 0.126 e. The first-order valence-corrected chi connectivity index (χ1v) is 6.95. The Balaban J connectivity index is 2.15. The topological polar surface area (TPSA) is 12.0 Å². The van der Waals surface area contributed by atoms with Gasteiger partial charge in [0.15, 0.2) is 0 Å². The van der Waals surface area contributed by atoms with Crippen LogP contribution in [0.25, 0.3) is 0 Å². The largest absolute Gasteiger partial charge is 0.316 e. The van der Waals surface area contributed by atoms with Crippen LogP contribution in [-0.2, 0) is 6.42 Å². The van der Waals surface area contributed by atoms with E-state index in [9.17, 15) is 4.39 Å². The van der Waals surface area contributed by atoms with Crippen molar-refractivity contribution in [2.75, 3.05) is 13.1 Å². The summed E-state index contributed by atoms with van der Waals surface area (Å²) in [7, 11) is 0. The van der Waals surface area contributed by atoms with Crippen LogP contribution < -0.4 is 5.32 Å². The molecule has 1 N–H and O–H groups in total. The predicted molar refractivity (Wildman–Crippen MR) is 72.6 cm³/mol. The van der Waals surface area contributed by atoms with Gasteiger partial charge in [-0.05, 0) is 47.9 Å². The molecule has 1 aliphatic rings. The molecule has 0 aromatic heterocycles. The van der Waals surface area contributed by atoms with Crippen LogP contribution in [0.3, 0.4) is 0 Å². The summed E-state index contributed by atoms with van der Waals surface area (Å²) in [5, 5.41) is 3.33. The third-order valence-corrected chi connectivity index (χ3v) is 3.91. The first kappa shape index (κ1) is 13.0. The van der Waals surface area contributed by atoms with Gasteiger partial charge in [0.2, 0.25) is 0 Å². The molecule has 94 valence electrons. The van der Waals surface area contributed by atoms with E-state index < -0.39 is 0 Å². The second-order valence-electron chi connectivity index (χ2n) is 5.61. The van der Waals surface area contributed by atoms with E-state index in [0.717, 1.165) is 36.0 Å². The second-order valence-corrected chi connectivity index (χ2v) is 6.53. The Morgan fingerprint density at radius 3 is 2.65 bits per heavy atom. The van der Waals surface area contributed by atoms with E-state index in [0.29, 0.717) is 5.92 Å². The number of hydrogen-bond donors (Lipinski definition) is 1. The van der Waals surface area contributed by atoms with Crippen LogP contribution in [0, 0.1) is 17.2 Å². The minimum Gasteiger partial charge on any atom is -0.316 e. The molecule has 0 bridgehead atoms. The first-order valence-electron chi connectivity index (χ1n) is 6.15. The van der Waals surface area contributed by atoms with Crippen molar-refractivity contribution in [3.63, 3.8) is 0 Å². The Morgan fingerprint density at radius 1 is 1.41 bits per heavy atom. The highest BCUT2D eigenvalue weighted by molar-refractivity contribution is 9.10. The van der Waals surface area contributed by atoms with Gasteiger partial charge in [-0.2, -0.15) is 0 Å². The Hall–Kier alpha value is -0.410. The number of hydrogen-bond acceptors (Lipinski definition) is 1. The Kier molecular flexibility index (Phi) is 3.88. The van der Waals surface area contributed by atoms with Gasteiger partial charge < -0.3 is 5.32 Å². The van der Waals surface area contributed by atoms with Gasteiger partial charge in [-0.1, -0.05) is 29.8 Å².